The Bertz CT molecular complexity index is 1220. The fourth-order valence-electron chi connectivity index (χ4n) is 4.41. The molecule has 174 valence electrons. The van der Waals surface area contributed by atoms with Crippen LogP contribution < -0.4 is 15.5 Å². The third kappa shape index (κ3) is 4.75. The number of halogens is 2. The van der Waals surface area contributed by atoms with Crippen LogP contribution in [-0.2, 0) is 6.54 Å². The SMILES string of the molecule is COc1ccc(Cn2cc(C(=O)NC[C@H]3CCCC[C@@H]3O)c(=O)c3c(F)ccc(F)c32)cc1. The summed E-state index contributed by atoms with van der Waals surface area (Å²) < 4.78 is 35.9. The molecule has 1 aliphatic carbocycles. The predicted octanol–water partition coefficient (Wildman–Crippen LogP) is 3.62. The third-order valence-electron chi connectivity index (χ3n) is 6.27. The summed E-state index contributed by atoms with van der Waals surface area (Å²) in [6.07, 6.45) is 4.12. The van der Waals surface area contributed by atoms with Gasteiger partial charge in [0.1, 0.15) is 22.9 Å². The van der Waals surface area contributed by atoms with Crippen LogP contribution in [0.2, 0.25) is 0 Å². The minimum atomic E-state index is -0.891. The first-order valence-electron chi connectivity index (χ1n) is 11.0. The van der Waals surface area contributed by atoms with Crippen molar-refractivity contribution in [2.45, 2.75) is 38.3 Å². The fraction of sp³-hybridized carbons (Fsp3) is 0.360. The molecule has 33 heavy (non-hydrogen) atoms. The van der Waals surface area contributed by atoms with Gasteiger partial charge in [0.2, 0.25) is 5.43 Å². The Balaban J connectivity index is 1.71. The maximum absolute atomic E-state index is 14.7. The average Bonchev–Trinajstić information content (AvgIpc) is 2.82. The van der Waals surface area contributed by atoms with Gasteiger partial charge in [-0.1, -0.05) is 25.0 Å². The van der Waals surface area contributed by atoms with E-state index < -0.39 is 34.5 Å². The zero-order chi connectivity index (χ0) is 23.5. The normalized spacial score (nSPS) is 18.3. The molecular formula is C25H26F2N2O4. The summed E-state index contributed by atoms with van der Waals surface area (Å²) in [6, 6.07) is 8.86. The molecule has 2 atom stereocenters. The first kappa shape index (κ1) is 22.9. The van der Waals surface area contributed by atoms with Crippen LogP contribution in [0, 0.1) is 17.6 Å². The van der Waals surface area contributed by atoms with E-state index in [1.807, 2.05) is 0 Å². The Morgan fingerprint density at radius 2 is 1.82 bits per heavy atom. The molecule has 0 radical (unpaired) electrons. The maximum Gasteiger partial charge on any atom is 0.256 e. The van der Waals surface area contributed by atoms with E-state index in [4.69, 9.17) is 4.74 Å². The van der Waals surface area contributed by atoms with Crippen molar-refractivity contribution in [3.8, 4) is 5.75 Å². The van der Waals surface area contributed by atoms with Crippen LogP contribution in [0.15, 0.2) is 47.4 Å². The molecule has 0 saturated heterocycles. The summed E-state index contributed by atoms with van der Waals surface area (Å²) >= 11 is 0. The molecule has 1 fully saturated rings. The van der Waals surface area contributed by atoms with Crippen molar-refractivity contribution < 1.29 is 23.4 Å². The molecule has 2 aromatic carbocycles. The lowest BCUT2D eigenvalue weighted by atomic mass is 9.86. The molecule has 4 rings (SSSR count). The van der Waals surface area contributed by atoms with Crippen molar-refractivity contribution in [1.82, 2.24) is 9.88 Å². The Labute approximate surface area is 189 Å². The highest BCUT2D eigenvalue weighted by Crippen LogP contribution is 2.24. The lowest BCUT2D eigenvalue weighted by Crippen LogP contribution is -2.38. The monoisotopic (exact) mass is 456 g/mol. The van der Waals surface area contributed by atoms with E-state index in [0.717, 1.165) is 37.0 Å². The number of pyridine rings is 1. The zero-order valence-corrected chi connectivity index (χ0v) is 18.3. The number of fused-ring (bicyclic) bond motifs is 1. The van der Waals surface area contributed by atoms with Gasteiger partial charge >= 0.3 is 0 Å². The molecule has 0 bridgehead atoms. The summed E-state index contributed by atoms with van der Waals surface area (Å²) in [7, 11) is 1.54. The molecule has 1 aromatic heterocycles. The number of ether oxygens (including phenoxy) is 1. The first-order valence-corrected chi connectivity index (χ1v) is 11.0. The van der Waals surface area contributed by atoms with E-state index >= 15 is 0 Å². The quantitative estimate of drug-likeness (QED) is 0.594. The van der Waals surface area contributed by atoms with Gasteiger partial charge in [0.05, 0.1) is 24.1 Å². The molecule has 0 aliphatic heterocycles. The van der Waals surface area contributed by atoms with Crippen molar-refractivity contribution in [3.05, 3.63) is 75.6 Å². The molecule has 0 spiro atoms. The largest absolute Gasteiger partial charge is 0.497 e. The fourth-order valence-corrected chi connectivity index (χ4v) is 4.41. The maximum atomic E-state index is 14.7. The van der Waals surface area contributed by atoms with Gasteiger partial charge in [0.15, 0.2) is 0 Å². The smallest absolute Gasteiger partial charge is 0.256 e. The van der Waals surface area contributed by atoms with E-state index in [0.29, 0.717) is 12.2 Å². The summed E-state index contributed by atoms with van der Waals surface area (Å²) in [4.78, 5) is 25.9. The number of carbonyl (C=O) groups is 1. The van der Waals surface area contributed by atoms with Crippen LogP contribution in [0.25, 0.3) is 10.9 Å². The van der Waals surface area contributed by atoms with Gasteiger partial charge in [0.25, 0.3) is 5.91 Å². The molecule has 3 aromatic rings. The molecule has 8 heteroatoms. The third-order valence-corrected chi connectivity index (χ3v) is 6.27. The number of aliphatic hydroxyl groups excluding tert-OH is 1. The second kappa shape index (κ2) is 9.70. The number of hydrogen-bond acceptors (Lipinski definition) is 4. The van der Waals surface area contributed by atoms with E-state index in [9.17, 15) is 23.5 Å². The van der Waals surface area contributed by atoms with Gasteiger partial charge in [0, 0.05) is 25.2 Å². The molecular weight excluding hydrogens is 430 g/mol. The second-order valence-corrected chi connectivity index (χ2v) is 8.42. The Kier molecular flexibility index (Phi) is 6.74. The summed E-state index contributed by atoms with van der Waals surface area (Å²) in [5, 5.41) is 12.4. The zero-order valence-electron chi connectivity index (χ0n) is 18.3. The topological polar surface area (TPSA) is 80.6 Å². The number of hydrogen-bond donors (Lipinski definition) is 2. The van der Waals surface area contributed by atoms with E-state index in [2.05, 4.69) is 5.32 Å². The van der Waals surface area contributed by atoms with Crippen molar-refractivity contribution in [2.75, 3.05) is 13.7 Å². The van der Waals surface area contributed by atoms with Crippen molar-refractivity contribution >= 4 is 16.8 Å². The number of nitrogens with zero attached hydrogens (tertiary/aromatic N) is 1. The van der Waals surface area contributed by atoms with Crippen LogP contribution in [-0.4, -0.2) is 35.3 Å². The number of aromatic nitrogens is 1. The van der Waals surface area contributed by atoms with Gasteiger partial charge < -0.3 is 19.7 Å². The van der Waals surface area contributed by atoms with Gasteiger partial charge in [-0.2, -0.15) is 0 Å². The highest BCUT2D eigenvalue weighted by molar-refractivity contribution is 5.97. The molecule has 6 nitrogen and oxygen atoms in total. The van der Waals surface area contributed by atoms with Gasteiger partial charge in [-0.05, 0) is 42.7 Å². The Morgan fingerprint density at radius 1 is 1.12 bits per heavy atom. The molecule has 1 amide bonds. The molecule has 1 heterocycles. The van der Waals surface area contributed by atoms with Crippen molar-refractivity contribution in [1.29, 1.82) is 0 Å². The number of benzene rings is 2. The van der Waals surface area contributed by atoms with Gasteiger partial charge in [-0.3, -0.25) is 9.59 Å². The van der Waals surface area contributed by atoms with Gasteiger partial charge in [-0.25, -0.2) is 8.78 Å². The van der Waals surface area contributed by atoms with E-state index in [1.54, 1.807) is 31.4 Å². The van der Waals surface area contributed by atoms with Crippen LogP contribution in [0.4, 0.5) is 8.78 Å². The first-order chi connectivity index (χ1) is 15.9. The second-order valence-electron chi connectivity index (χ2n) is 8.42. The minimum Gasteiger partial charge on any atom is -0.497 e. The number of nitrogens with one attached hydrogen (secondary N) is 1. The number of methoxy groups -OCH3 is 1. The number of amides is 1. The van der Waals surface area contributed by atoms with Gasteiger partial charge in [-0.15, -0.1) is 0 Å². The van der Waals surface area contributed by atoms with Crippen molar-refractivity contribution in [2.24, 2.45) is 5.92 Å². The number of rotatable bonds is 6. The summed E-state index contributed by atoms with van der Waals surface area (Å²) in [6.45, 7) is 0.324. The number of carbonyl (C=O) groups excluding carboxylic acids is 1. The van der Waals surface area contributed by atoms with E-state index in [1.165, 1.54) is 10.8 Å². The lowest BCUT2D eigenvalue weighted by molar-refractivity contribution is 0.0662. The van der Waals surface area contributed by atoms with Crippen LogP contribution >= 0.6 is 0 Å². The highest BCUT2D eigenvalue weighted by Gasteiger charge is 2.25. The summed E-state index contributed by atoms with van der Waals surface area (Å²) in [5.74, 6) is -1.78. The Morgan fingerprint density at radius 3 is 2.52 bits per heavy atom. The van der Waals surface area contributed by atoms with Crippen LogP contribution in [0.3, 0.4) is 0 Å². The predicted molar refractivity (Wildman–Crippen MR) is 121 cm³/mol. The van der Waals surface area contributed by atoms with Crippen molar-refractivity contribution in [3.63, 3.8) is 0 Å². The standard InChI is InChI=1S/C25H26F2N2O4/c1-33-17-8-6-15(7-9-17)13-29-14-18(24(31)22-19(26)10-11-20(27)23(22)29)25(32)28-12-16-4-2-3-5-21(16)30/h6-11,14,16,21,30H,2-5,12-13H2,1H3,(H,28,32)/t16-,21+/m1/s1. The average molecular weight is 456 g/mol. The van der Waals surface area contributed by atoms with Crippen LogP contribution in [0.5, 0.6) is 5.75 Å². The molecule has 0 unspecified atom stereocenters. The minimum absolute atomic E-state index is 0.0983. The lowest BCUT2D eigenvalue weighted by Gasteiger charge is -2.27. The molecule has 2 N–H and O–H groups in total. The highest BCUT2D eigenvalue weighted by atomic mass is 19.1. The molecule has 1 saturated carbocycles. The van der Waals surface area contributed by atoms with E-state index in [-0.39, 0.29) is 30.1 Å². The van der Waals surface area contributed by atoms with Crippen LogP contribution in [0.1, 0.15) is 41.6 Å². The summed E-state index contributed by atoms with van der Waals surface area (Å²) in [5.41, 5.74) is -0.586. The molecule has 1 aliphatic rings. The Hall–Kier alpha value is -3.26. The number of aliphatic hydroxyl groups is 1.